The molecule has 24 heavy (non-hydrogen) atoms. The second kappa shape index (κ2) is 6.01. The van der Waals surface area contributed by atoms with Crippen molar-refractivity contribution in [2.75, 3.05) is 0 Å². The molecule has 0 atom stereocenters. The molecule has 0 saturated carbocycles. The van der Waals surface area contributed by atoms with Crippen LogP contribution in [0, 0.1) is 0 Å². The zero-order valence-corrected chi connectivity index (χ0v) is 12.8. The highest BCUT2D eigenvalue weighted by Crippen LogP contribution is 2.32. The number of imidazole rings is 1. The number of hydrogen-bond donors (Lipinski definition) is 2. The Labute approximate surface area is 139 Å². The van der Waals surface area contributed by atoms with Crippen molar-refractivity contribution in [3.63, 3.8) is 0 Å². The van der Waals surface area contributed by atoms with Gasteiger partial charge in [0, 0.05) is 29.1 Å². The topological polar surface area (TPSA) is 61.8 Å². The molecule has 4 rings (SSSR count). The molecule has 4 aromatic rings. The van der Waals surface area contributed by atoms with Crippen LogP contribution in [0.25, 0.3) is 33.9 Å². The fourth-order valence-electron chi connectivity index (χ4n) is 2.66. The van der Waals surface area contributed by atoms with E-state index in [-0.39, 0.29) is 5.75 Å². The number of phenols is 1. The first kappa shape index (κ1) is 14.2. The molecule has 2 aromatic heterocycles. The molecule has 2 aromatic carbocycles. The van der Waals surface area contributed by atoms with Crippen molar-refractivity contribution < 1.29 is 5.11 Å². The Morgan fingerprint density at radius 2 is 1.42 bits per heavy atom. The van der Waals surface area contributed by atoms with E-state index in [0.29, 0.717) is 0 Å². The molecule has 0 aliphatic rings. The lowest BCUT2D eigenvalue weighted by Gasteiger charge is -2.02. The number of rotatable bonds is 3. The maximum absolute atomic E-state index is 9.48. The number of aromatic amines is 1. The highest BCUT2D eigenvalue weighted by molar-refractivity contribution is 5.81. The second-order valence-corrected chi connectivity index (χ2v) is 5.46. The summed E-state index contributed by atoms with van der Waals surface area (Å²) in [4.78, 5) is 12.3. The van der Waals surface area contributed by atoms with Crippen molar-refractivity contribution in [2.45, 2.75) is 0 Å². The van der Waals surface area contributed by atoms with Crippen molar-refractivity contribution in [2.24, 2.45) is 0 Å². The fourth-order valence-corrected chi connectivity index (χ4v) is 2.66. The lowest BCUT2D eigenvalue weighted by Crippen LogP contribution is -1.83. The summed E-state index contributed by atoms with van der Waals surface area (Å²) in [6.07, 6.45) is 3.54. The highest BCUT2D eigenvalue weighted by Gasteiger charge is 2.15. The van der Waals surface area contributed by atoms with Crippen LogP contribution < -0.4 is 0 Å². The van der Waals surface area contributed by atoms with E-state index in [1.54, 1.807) is 24.5 Å². The number of aromatic nitrogens is 3. The Morgan fingerprint density at radius 3 is 2.12 bits per heavy atom. The molecule has 4 heteroatoms. The monoisotopic (exact) mass is 313 g/mol. The van der Waals surface area contributed by atoms with Crippen LogP contribution in [0.15, 0.2) is 79.1 Å². The molecule has 0 bridgehead atoms. The van der Waals surface area contributed by atoms with Gasteiger partial charge in [-0.15, -0.1) is 0 Å². The summed E-state index contributed by atoms with van der Waals surface area (Å²) in [7, 11) is 0. The van der Waals surface area contributed by atoms with Crippen LogP contribution in [0.4, 0.5) is 0 Å². The molecule has 116 valence electrons. The average molecular weight is 313 g/mol. The lowest BCUT2D eigenvalue weighted by molar-refractivity contribution is 0.475. The normalized spacial score (nSPS) is 10.7. The zero-order valence-electron chi connectivity index (χ0n) is 12.8. The van der Waals surface area contributed by atoms with E-state index in [1.807, 2.05) is 54.6 Å². The molecule has 0 aliphatic heterocycles. The highest BCUT2D eigenvalue weighted by atomic mass is 16.3. The second-order valence-electron chi connectivity index (χ2n) is 5.46. The van der Waals surface area contributed by atoms with Gasteiger partial charge in [0.2, 0.25) is 0 Å². The number of H-pyrrole nitrogens is 1. The standard InChI is InChI=1S/C20H15N3O/c24-17-8-6-16(7-9-17)20-22-18(14-4-2-1-3-5-14)19(23-20)15-10-12-21-13-11-15/h1-13,24H,(H,22,23). The summed E-state index contributed by atoms with van der Waals surface area (Å²) < 4.78 is 0. The van der Waals surface area contributed by atoms with Crippen LogP contribution in [0.1, 0.15) is 0 Å². The molecule has 0 aliphatic carbocycles. The maximum Gasteiger partial charge on any atom is 0.138 e. The molecule has 2 N–H and O–H groups in total. The minimum atomic E-state index is 0.239. The summed E-state index contributed by atoms with van der Waals surface area (Å²) in [5, 5.41) is 9.48. The number of hydrogen-bond acceptors (Lipinski definition) is 3. The first-order valence-electron chi connectivity index (χ1n) is 7.66. The molecule has 0 fully saturated rings. The van der Waals surface area contributed by atoms with Crippen LogP contribution in [0.3, 0.4) is 0 Å². The van der Waals surface area contributed by atoms with Crippen LogP contribution in [-0.4, -0.2) is 20.1 Å². The molecule has 0 unspecified atom stereocenters. The van der Waals surface area contributed by atoms with E-state index < -0.39 is 0 Å². The summed E-state index contributed by atoms with van der Waals surface area (Å²) in [5.41, 5.74) is 4.84. The lowest BCUT2D eigenvalue weighted by atomic mass is 10.1. The number of phenolic OH excluding ortho intramolecular Hbond substituents is 1. The van der Waals surface area contributed by atoms with Crippen molar-refractivity contribution in [3.8, 4) is 39.7 Å². The molecular formula is C20H15N3O. The van der Waals surface area contributed by atoms with Gasteiger partial charge in [-0.25, -0.2) is 4.98 Å². The minimum Gasteiger partial charge on any atom is -0.508 e. The van der Waals surface area contributed by atoms with Gasteiger partial charge >= 0.3 is 0 Å². The molecule has 0 radical (unpaired) electrons. The predicted octanol–water partition coefficient (Wildman–Crippen LogP) is 4.51. The zero-order chi connectivity index (χ0) is 16.4. The third-order valence-corrected chi connectivity index (χ3v) is 3.86. The van der Waals surface area contributed by atoms with Gasteiger partial charge in [-0.05, 0) is 36.4 Å². The van der Waals surface area contributed by atoms with E-state index in [1.165, 1.54) is 0 Å². The van der Waals surface area contributed by atoms with Gasteiger partial charge < -0.3 is 10.1 Å². The molecule has 2 heterocycles. The SMILES string of the molecule is Oc1ccc(-c2nc(-c3ccccc3)c(-c3ccncc3)[nH]2)cc1. The molecule has 0 spiro atoms. The van der Waals surface area contributed by atoms with Gasteiger partial charge in [-0.3, -0.25) is 4.98 Å². The molecule has 0 amide bonds. The Kier molecular flexibility index (Phi) is 3.56. The van der Waals surface area contributed by atoms with Crippen LogP contribution in [0.2, 0.25) is 0 Å². The third-order valence-electron chi connectivity index (χ3n) is 3.86. The molecule has 0 saturated heterocycles. The van der Waals surface area contributed by atoms with Gasteiger partial charge in [-0.2, -0.15) is 0 Å². The van der Waals surface area contributed by atoms with Crippen LogP contribution in [0.5, 0.6) is 5.75 Å². The number of pyridine rings is 1. The smallest absolute Gasteiger partial charge is 0.138 e. The Bertz CT molecular complexity index is 888. The molecule has 4 nitrogen and oxygen atoms in total. The average Bonchev–Trinajstić information content (AvgIpc) is 3.09. The van der Waals surface area contributed by atoms with E-state index >= 15 is 0 Å². The van der Waals surface area contributed by atoms with Gasteiger partial charge in [-0.1, -0.05) is 30.3 Å². The first-order chi connectivity index (χ1) is 11.8. The van der Waals surface area contributed by atoms with E-state index in [2.05, 4.69) is 9.97 Å². The number of nitrogens with zero attached hydrogens (tertiary/aromatic N) is 2. The van der Waals surface area contributed by atoms with Crippen molar-refractivity contribution >= 4 is 0 Å². The largest absolute Gasteiger partial charge is 0.508 e. The van der Waals surface area contributed by atoms with Crippen LogP contribution >= 0.6 is 0 Å². The number of benzene rings is 2. The Hall–Kier alpha value is -3.40. The third kappa shape index (κ3) is 2.65. The van der Waals surface area contributed by atoms with E-state index in [9.17, 15) is 5.11 Å². The van der Waals surface area contributed by atoms with Gasteiger partial charge in [0.05, 0.1) is 11.4 Å². The van der Waals surface area contributed by atoms with Crippen molar-refractivity contribution in [1.29, 1.82) is 0 Å². The van der Waals surface area contributed by atoms with Gasteiger partial charge in [0.25, 0.3) is 0 Å². The van der Waals surface area contributed by atoms with E-state index in [0.717, 1.165) is 33.9 Å². The van der Waals surface area contributed by atoms with Crippen molar-refractivity contribution in [1.82, 2.24) is 15.0 Å². The van der Waals surface area contributed by atoms with E-state index in [4.69, 9.17) is 4.98 Å². The number of nitrogens with one attached hydrogen (secondary N) is 1. The Balaban J connectivity index is 1.89. The van der Waals surface area contributed by atoms with Crippen molar-refractivity contribution in [3.05, 3.63) is 79.1 Å². The Morgan fingerprint density at radius 1 is 0.708 bits per heavy atom. The minimum absolute atomic E-state index is 0.239. The fraction of sp³-hybridized carbons (Fsp3) is 0. The molecular weight excluding hydrogens is 298 g/mol. The maximum atomic E-state index is 9.48. The van der Waals surface area contributed by atoms with Gasteiger partial charge in [0.15, 0.2) is 0 Å². The summed E-state index contributed by atoms with van der Waals surface area (Å²) >= 11 is 0. The van der Waals surface area contributed by atoms with Crippen LogP contribution in [-0.2, 0) is 0 Å². The summed E-state index contributed by atoms with van der Waals surface area (Å²) in [6.45, 7) is 0. The van der Waals surface area contributed by atoms with Gasteiger partial charge in [0.1, 0.15) is 11.6 Å². The predicted molar refractivity (Wildman–Crippen MR) is 94.4 cm³/mol. The summed E-state index contributed by atoms with van der Waals surface area (Å²) in [6, 6.07) is 21.0. The first-order valence-corrected chi connectivity index (χ1v) is 7.66. The number of aromatic hydroxyl groups is 1. The quantitative estimate of drug-likeness (QED) is 0.585. The summed E-state index contributed by atoms with van der Waals surface area (Å²) in [5.74, 6) is 1.00.